The predicted molar refractivity (Wildman–Crippen MR) is 87.5 cm³/mol. The summed E-state index contributed by atoms with van der Waals surface area (Å²) in [7, 11) is 1.73. The third kappa shape index (κ3) is 3.45. The molecule has 0 fully saturated rings. The fraction of sp³-hybridized carbons (Fsp3) is 0.278. The van der Waals surface area contributed by atoms with Crippen molar-refractivity contribution in [3.63, 3.8) is 0 Å². The third-order valence-corrected chi connectivity index (χ3v) is 4.10. The summed E-state index contributed by atoms with van der Waals surface area (Å²) < 4.78 is 13.0. The normalized spacial score (nSPS) is 11.9. The lowest BCUT2D eigenvalue weighted by molar-refractivity contribution is 0.208. The number of aryl methyl sites for hydroxylation is 1. The number of hydrogen-bond acceptors (Lipinski definition) is 1. The van der Waals surface area contributed by atoms with Gasteiger partial charge in [0.25, 0.3) is 0 Å². The van der Waals surface area contributed by atoms with Crippen molar-refractivity contribution in [2.75, 3.05) is 12.4 Å². The topological polar surface area (TPSA) is 32.3 Å². The summed E-state index contributed by atoms with van der Waals surface area (Å²) in [5.74, 6) is -0.279. The molecule has 1 atom stereocenters. The highest BCUT2D eigenvalue weighted by molar-refractivity contribution is 5.90. The lowest BCUT2D eigenvalue weighted by Crippen LogP contribution is -2.33. The highest BCUT2D eigenvalue weighted by atomic mass is 19.1. The van der Waals surface area contributed by atoms with E-state index in [4.69, 9.17) is 0 Å². The first-order chi connectivity index (χ1) is 10.4. The summed E-state index contributed by atoms with van der Waals surface area (Å²) >= 11 is 0. The molecule has 2 amide bonds. The second-order valence-electron chi connectivity index (χ2n) is 5.52. The molecule has 0 saturated carbocycles. The SMILES string of the molecule is Cc1cccc(NC(=O)N(C)[C@@H](C)c2ccc(F)cc2)c1C. The van der Waals surface area contributed by atoms with E-state index in [1.807, 2.05) is 39.0 Å². The molecule has 0 spiro atoms. The van der Waals surface area contributed by atoms with E-state index in [9.17, 15) is 9.18 Å². The molecule has 0 aliphatic rings. The number of carbonyl (C=O) groups excluding carboxylic acids is 1. The van der Waals surface area contributed by atoms with E-state index in [1.54, 1.807) is 24.1 Å². The first-order valence-electron chi connectivity index (χ1n) is 7.25. The maximum atomic E-state index is 13.0. The van der Waals surface area contributed by atoms with Crippen LogP contribution in [-0.2, 0) is 0 Å². The van der Waals surface area contributed by atoms with E-state index < -0.39 is 0 Å². The Bertz CT molecular complexity index is 667. The highest BCUT2D eigenvalue weighted by Crippen LogP contribution is 2.22. The number of rotatable bonds is 3. The molecular weight excluding hydrogens is 279 g/mol. The van der Waals surface area contributed by atoms with Crippen LogP contribution in [0.15, 0.2) is 42.5 Å². The van der Waals surface area contributed by atoms with E-state index in [-0.39, 0.29) is 17.9 Å². The average Bonchev–Trinajstić information content (AvgIpc) is 2.51. The molecule has 0 aromatic heterocycles. The second kappa shape index (κ2) is 6.60. The Labute approximate surface area is 130 Å². The average molecular weight is 300 g/mol. The van der Waals surface area contributed by atoms with Crippen molar-refractivity contribution < 1.29 is 9.18 Å². The molecule has 2 aromatic rings. The van der Waals surface area contributed by atoms with Crippen LogP contribution in [0.1, 0.15) is 29.7 Å². The summed E-state index contributed by atoms with van der Waals surface area (Å²) in [5, 5.41) is 2.93. The minimum atomic E-state index is -0.279. The summed E-state index contributed by atoms with van der Waals surface area (Å²) in [5.41, 5.74) is 3.88. The Morgan fingerprint density at radius 2 is 1.77 bits per heavy atom. The van der Waals surface area contributed by atoms with Crippen LogP contribution in [0.3, 0.4) is 0 Å². The number of nitrogens with zero attached hydrogens (tertiary/aromatic N) is 1. The zero-order valence-electron chi connectivity index (χ0n) is 13.4. The van der Waals surface area contributed by atoms with E-state index in [1.165, 1.54) is 12.1 Å². The Balaban J connectivity index is 2.11. The van der Waals surface area contributed by atoms with Gasteiger partial charge in [-0.25, -0.2) is 9.18 Å². The lowest BCUT2D eigenvalue weighted by Gasteiger charge is -2.26. The van der Waals surface area contributed by atoms with E-state index in [0.29, 0.717) is 0 Å². The molecular formula is C18H21FN2O. The molecule has 2 rings (SSSR count). The number of amides is 2. The zero-order chi connectivity index (χ0) is 16.3. The number of nitrogens with one attached hydrogen (secondary N) is 1. The van der Waals surface area contributed by atoms with Crippen LogP contribution in [0.4, 0.5) is 14.9 Å². The lowest BCUT2D eigenvalue weighted by atomic mass is 10.1. The molecule has 0 heterocycles. The van der Waals surface area contributed by atoms with Gasteiger partial charge in [-0.2, -0.15) is 0 Å². The van der Waals surface area contributed by atoms with Gasteiger partial charge in [0.2, 0.25) is 0 Å². The minimum Gasteiger partial charge on any atom is -0.321 e. The second-order valence-corrected chi connectivity index (χ2v) is 5.52. The van der Waals surface area contributed by atoms with Gasteiger partial charge in [-0.3, -0.25) is 0 Å². The van der Waals surface area contributed by atoms with E-state index in [2.05, 4.69) is 5.32 Å². The van der Waals surface area contributed by atoms with Crippen molar-refractivity contribution in [1.29, 1.82) is 0 Å². The maximum absolute atomic E-state index is 13.0. The van der Waals surface area contributed by atoms with Crippen molar-refractivity contribution >= 4 is 11.7 Å². The Morgan fingerprint density at radius 3 is 2.41 bits per heavy atom. The third-order valence-electron chi connectivity index (χ3n) is 4.10. The number of hydrogen-bond donors (Lipinski definition) is 1. The summed E-state index contributed by atoms with van der Waals surface area (Å²) in [6.45, 7) is 5.90. The molecule has 0 radical (unpaired) electrons. The molecule has 0 saturated heterocycles. The van der Waals surface area contributed by atoms with Crippen LogP contribution in [0.2, 0.25) is 0 Å². The Kier molecular flexibility index (Phi) is 4.81. The van der Waals surface area contributed by atoms with Gasteiger partial charge in [0, 0.05) is 12.7 Å². The van der Waals surface area contributed by atoms with E-state index in [0.717, 1.165) is 22.4 Å². The number of anilines is 1. The smallest absolute Gasteiger partial charge is 0.321 e. The molecule has 1 N–H and O–H groups in total. The van der Waals surface area contributed by atoms with Crippen molar-refractivity contribution in [3.05, 3.63) is 65.0 Å². The quantitative estimate of drug-likeness (QED) is 0.878. The van der Waals surface area contributed by atoms with Gasteiger partial charge >= 0.3 is 6.03 Å². The number of carbonyl (C=O) groups is 1. The first-order valence-corrected chi connectivity index (χ1v) is 7.25. The van der Waals surface area contributed by atoms with Gasteiger partial charge in [-0.15, -0.1) is 0 Å². The van der Waals surface area contributed by atoms with Gasteiger partial charge in [-0.1, -0.05) is 24.3 Å². The molecule has 0 aliphatic carbocycles. The molecule has 3 nitrogen and oxygen atoms in total. The van der Waals surface area contributed by atoms with Crippen LogP contribution >= 0.6 is 0 Å². The summed E-state index contributed by atoms with van der Waals surface area (Å²) in [6.07, 6.45) is 0. The van der Waals surface area contributed by atoms with Gasteiger partial charge in [-0.05, 0) is 55.7 Å². The molecule has 4 heteroatoms. The van der Waals surface area contributed by atoms with Crippen LogP contribution in [0, 0.1) is 19.7 Å². The molecule has 0 aliphatic heterocycles. The molecule has 116 valence electrons. The monoisotopic (exact) mass is 300 g/mol. The minimum absolute atomic E-state index is 0.147. The van der Waals surface area contributed by atoms with Gasteiger partial charge < -0.3 is 10.2 Å². The van der Waals surface area contributed by atoms with Crippen LogP contribution in [0.5, 0.6) is 0 Å². The standard InChI is InChI=1S/C18H21FN2O/c1-12-6-5-7-17(13(12)2)20-18(22)21(4)14(3)15-8-10-16(19)11-9-15/h5-11,14H,1-4H3,(H,20,22)/t14-/m0/s1. The summed E-state index contributed by atoms with van der Waals surface area (Å²) in [4.78, 5) is 14.0. The zero-order valence-corrected chi connectivity index (χ0v) is 13.4. The van der Waals surface area contributed by atoms with Gasteiger partial charge in [0.1, 0.15) is 5.82 Å². The molecule has 0 bridgehead atoms. The first kappa shape index (κ1) is 16.0. The number of benzene rings is 2. The highest BCUT2D eigenvalue weighted by Gasteiger charge is 2.18. The van der Waals surface area contributed by atoms with Crippen LogP contribution in [-0.4, -0.2) is 18.0 Å². The van der Waals surface area contributed by atoms with Crippen molar-refractivity contribution in [3.8, 4) is 0 Å². The van der Waals surface area contributed by atoms with Crippen molar-refractivity contribution in [1.82, 2.24) is 4.90 Å². The molecule has 0 unspecified atom stereocenters. The number of urea groups is 1. The largest absolute Gasteiger partial charge is 0.322 e. The number of halogens is 1. The fourth-order valence-corrected chi connectivity index (χ4v) is 2.23. The van der Waals surface area contributed by atoms with Crippen LogP contribution < -0.4 is 5.32 Å². The fourth-order valence-electron chi connectivity index (χ4n) is 2.23. The van der Waals surface area contributed by atoms with Crippen LogP contribution in [0.25, 0.3) is 0 Å². The Hall–Kier alpha value is -2.36. The van der Waals surface area contributed by atoms with E-state index >= 15 is 0 Å². The molecule has 2 aromatic carbocycles. The van der Waals surface area contributed by atoms with Crippen molar-refractivity contribution in [2.24, 2.45) is 0 Å². The van der Waals surface area contributed by atoms with Crippen molar-refractivity contribution in [2.45, 2.75) is 26.8 Å². The maximum Gasteiger partial charge on any atom is 0.322 e. The molecule has 22 heavy (non-hydrogen) atoms. The van der Waals surface area contributed by atoms with Gasteiger partial charge in [0.05, 0.1) is 6.04 Å². The Morgan fingerprint density at radius 1 is 1.14 bits per heavy atom. The predicted octanol–water partition coefficient (Wildman–Crippen LogP) is 4.67. The summed E-state index contributed by atoms with van der Waals surface area (Å²) in [6, 6.07) is 11.7. The van der Waals surface area contributed by atoms with Gasteiger partial charge in [0.15, 0.2) is 0 Å².